The van der Waals surface area contributed by atoms with E-state index in [2.05, 4.69) is 51.5 Å². The molecule has 28 heavy (non-hydrogen) atoms. The van der Waals surface area contributed by atoms with Crippen LogP contribution in [-0.4, -0.2) is 77.9 Å². The number of likely N-dealkylation sites (N-methyl/N-ethyl adjacent to an activating group) is 1. The summed E-state index contributed by atoms with van der Waals surface area (Å²) in [5.74, 6) is 1.48. The van der Waals surface area contributed by atoms with Crippen LogP contribution in [0.25, 0.3) is 0 Å². The third kappa shape index (κ3) is 7.49. The van der Waals surface area contributed by atoms with Gasteiger partial charge in [-0.25, -0.2) is 0 Å². The van der Waals surface area contributed by atoms with E-state index in [1.54, 1.807) is 7.11 Å². The smallest absolute Gasteiger partial charge is 0.191 e. The van der Waals surface area contributed by atoms with Gasteiger partial charge in [-0.3, -0.25) is 4.99 Å². The molecule has 6 nitrogen and oxygen atoms in total. The number of anilines is 1. The standard InChI is InChI=1S/C21H36ClN5O/c1-17-6-7-19(22)14-20(17)27-11-8-18(16-27)15-25-21(23-2)24-9-12-26(3)10-5-13-28-4/h6-7,14,18H,5,8-13,15-16H2,1-4H3,(H2,23,24,25). The highest BCUT2D eigenvalue weighted by molar-refractivity contribution is 6.30. The Morgan fingerprint density at radius 2 is 2.18 bits per heavy atom. The SMILES string of the molecule is CN=C(NCCN(C)CCCOC)NCC1CCN(c2cc(Cl)ccc2C)C1. The van der Waals surface area contributed by atoms with E-state index in [4.69, 9.17) is 16.3 Å². The molecule has 0 spiro atoms. The molecule has 1 aromatic carbocycles. The first-order chi connectivity index (χ1) is 13.5. The van der Waals surface area contributed by atoms with Crippen molar-refractivity contribution in [2.75, 3.05) is 72.0 Å². The number of methoxy groups -OCH3 is 1. The number of hydrogen-bond acceptors (Lipinski definition) is 4. The van der Waals surface area contributed by atoms with Crippen LogP contribution in [0.4, 0.5) is 5.69 Å². The van der Waals surface area contributed by atoms with Crippen molar-refractivity contribution in [2.45, 2.75) is 19.8 Å². The number of nitrogens with one attached hydrogen (secondary N) is 2. The van der Waals surface area contributed by atoms with Crippen LogP contribution < -0.4 is 15.5 Å². The molecule has 1 aliphatic heterocycles. The minimum Gasteiger partial charge on any atom is -0.385 e. The quantitative estimate of drug-likeness (QED) is 0.353. The van der Waals surface area contributed by atoms with Gasteiger partial charge in [-0.15, -0.1) is 0 Å². The number of rotatable bonds is 10. The van der Waals surface area contributed by atoms with E-state index >= 15 is 0 Å². The summed E-state index contributed by atoms with van der Waals surface area (Å²) in [5.41, 5.74) is 2.54. The van der Waals surface area contributed by atoms with Crippen molar-refractivity contribution in [3.05, 3.63) is 28.8 Å². The van der Waals surface area contributed by atoms with Crippen molar-refractivity contribution in [1.29, 1.82) is 0 Å². The lowest BCUT2D eigenvalue weighted by molar-refractivity contribution is 0.180. The molecular weight excluding hydrogens is 374 g/mol. The van der Waals surface area contributed by atoms with Crippen molar-refractivity contribution in [3.63, 3.8) is 0 Å². The average Bonchev–Trinajstić information content (AvgIpc) is 3.15. The Labute approximate surface area is 175 Å². The molecule has 1 aromatic rings. The first kappa shape index (κ1) is 22.8. The van der Waals surface area contributed by atoms with Crippen molar-refractivity contribution in [2.24, 2.45) is 10.9 Å². The topological polar surface area (TPSA) is 52.1 Å². The fourth-order valence-corrected chi connectivity index (χ4v) is 3.73. The van der Waals surface area contributed by atoms with Crippen LogP contribution in [0.15, 0.2) is 23.2 Å². The normalized spacial score (nSPS) is 17.4. The number of hydrogen-bond donors (Lipinski definition) is 2. The molecule has 0 saturated carbocycles. The van der Waals surface area contributed by atoms with Crippen molar-refractivity contribution in [3.8, 4) is 0 Å². The van der Waals surface area contributed by atoms with Gasteiger partial charge in [-0.2, -0.15) is 0 Å². The fourth-order valence-electron chi connectivity index (χ4n) is 3.56. The zero-order valence-electron chi connectivity index (χ0n) is 17.8. The van der Waals surface area contributed by atoms with Crippen LogP contribution in [-0.2, 0) is 4.74 Å². The minimum absolute atomic E-state index is 0.605. The molecule has 0 bridgehead atoms. The maximum atomic E-state index is 6.19. The Bertz CT molecular complexity index is 625. The highest BCUT2D eigenvalue weighted by atomic mass is 35.5. The molecular formula is C21H36ClN5O. The summed E-state index contributed by atoms with van der Waals surface area (Å²) in [5, 5.41) is 7.70. The van der Waals surface area contributed by atoms with Gasteiger partial charge in [-0.05, 0) is 50.4 Å². The van der Waals surface area contributed by atoms with Gasteiger partial charge < -0.3 is 25.2 Å². The van der Waals surface area contributed by atoms with E-state index in [0.717, 1.165) is 63.3 Å². The van der Waals surface area contributed by atoms with Gasteiger partial charge in [0.25, 0.3) is 0 Å². The molecule has 0 radical (unpaired) electrons. The molecule has 0 aliphatic carbocycles. The Balaban J connectivity index is 1.69. The predicted molar refractivity (Wildman–Crippen MR) is 120 cm³/mol. The van der Waals surface area contributed by atoms with Gasteiger partial charge in [0.2, 0.25) is 0 Å². The van der Waals surface area contributed by atoms with E-state index in [1.807, 2.05) is 13.1 Å². The third-order valence-corrected chi connectivity index (χ3v) is 5.49. The molecule has 1 fully saturated rings. The third-order valence-electron chi connectivity index (χ3n) is 5.25. The van der Waals surface area contributed by atoms with Crippen molar-refractivity contribution in [1.82, 2.24) is 15.5 Å². The molecule has 0 aromatic heterocycles. The number of benzene rings is 1. The summed E-state index contributed by atoms with van der Waals surface area (Å²) in [6.07, 6.45) is 2.24. The van der Waals surface area contributed by atoms with Crippen molar-refractivity contribution >= 4 is 23.2 Å². The second-order valence-electron chi connectivity index (χ2n) is 7.56. The Kier molecular flexibility index (Phi) is 9.88. The molecule has 2 rings (SSSR count). The highest BCUT2D eigenvalue weighted by Crippen LogP contribution is 2.29. The van der Waals surface area contributed by atoms with Crippen LogP contribution in [0, 0.1) is 12.8 Å². The maximum Gasteiger partial charge on any atom is 0.191 e. The molecule has 1 heterocycles. The molecule has 0 amide bonds. The van der Waals surface area contributed by atoms with Crippen LogP contribution >= 0.6 is 11.6 Å². The summed E-state index contributed by atoms with van der Waals surface area (Å²) in [6, 6.07) is 6.14. The number of nitrogens with zero attached hydrogens (tertiary/aromatic N) is 3. The van der Waals surface area contributed by atoms with Crippen molar-refractivity contribution < 1.29 is 4.74 Å². The van der Waals surface area contributed by atoms with Crippen LogP contribution in [0.3, 0.4) is 0 Å². The second-order valence-corrected chi connectivity index (χ2v) is 8.00. The first-order valence-electron chi connectivity index (χ1n) is 10.2. The fraction of sp³-hybridized carbons (Fsp3) is 0.667. The van der Waals surface area contributed by atoms with Crippen LogP contribution in [0.1, 0.15) is 18.4 Å². The van der Waals surface area contributed by atoms with E-state index in [9.17, 15) is 0 Å². The number of ether oxygens (including phenoxy) is 1. The van der Waals surface area contributed by atoms with E-state index < -0.39 is 0 Å². The second kappa shape index (κ2) is 12.1. The molecule has 1 atom stereocenters. The van der Waals surface area contributed by atoms with Gasteiger partial charge in [-0.1, -0.05) is 17.7 Å². The van der Waals surface area contributed by atoms with E-state index in [0.29, 0.717) is 5.92 Å². The first-order valence-corrected chi connectivity index (χ1v) is 10.5. The molecule has 1 unspecified atom stereocenters. The van der Waals surface area contributed by atoms with Gasteiger partial charge in [0.15, 0.2) is 5.96 Å². The number of aliphatic imine (C=N–C) groups is 1. The predicted octanol–water partition coefficient (Wildman–Crippen LogP) is 2.61. The lowest BCUT2D eigenvalue weighted by Gasteiger charge is -2.22. The van der Waals surface area contributed by atoms with Gasteiger partial charge in [0.05, 0.1) is 0 Å². The minimum atomic E-state index is 0.605. The van der Waals surface area contributed by atoms with E-state index in [1.165, 1.54) is 17.7 Å². The summed E-state index contributed by atoms with van der Waals surface area (Å²) >= 11 is 6.19. The van der Waals surface area contributed by atoms with Gasteiger partial charge in [0.1, 0.15) is 0 Å². The number of aryl methyl sites for hydroxylation is 1. The highest BCUT2D eigenvalue weighted by Gasteiger charge is 2.24. The Morgan fingerprint density at radius 3 is 2.93 bits per heavy atom. The van der Waals surface area contributed by atoms with Crippen LogP contribution in [0.2, 0.25) is 5.02 Å². The molecule has 2 N–H and O–H groups in total. The maximum absolute atomic E-state index is 6.19. The van der Waals surface area contributed by atoms with Gasteiger partial charge >= 0.3 is 0 Å². The summed E-state index contributed by atoms with van der Waals surface area (Å²) in [4.78, 5) is 9.10. The lowest BCUT2D eigenvalue weighted by atomic mass is 10.1. The number of halogens is 1. The molecule has 1 saturated heterocycles. The zero-order valence-corrected chi connectivity index (χ0v) is 18.6. The van der Waals surface area contributed by atoms with Gasteiger partial charge in [0, 0.05) is 70.7 Å². The Morgan fingerprint density at radius 1 is 1.36 bits per heavy atom. The summed E-state index contributed by atoms with van der Waals surface area (Å²) in [7, 11) is 5.71. The summed E-state index contributed by atoms with van der Waals surface area (Å²) < 4.78 is 5.10. The number of guanidine groups is 1. The molecule has 158 valence electrons. The summed E-state index contributed by atoms with van der Waals surface area (Å²) in [6.45, 7) is 8.92. The lowest BCUT2D eigenvalue weighted by Crippen LogP contribution is -2.43. The molecule has 1 aliphatic rings. The van der Waals surface area contributed by atoms with E-state index in [-0.39, 0.29) is 0 Å². The molecule has 7 heteroatoms. The monoisotopic (exact) mass is 409 g/mol. The largest absolute Gasteiger partial charge is 0.385 e. The van der Waals surface area contributed by atoms with Crippen LogP contribution in [0.5, 0.6) is 0 Å². The Hall–Kier alpha value is -1.50. The zero-order chi connectivity index (χ0) is 20.4. The average molecular weight is 410 g/mol.